The lowest BCUT2D eigenvalue weighted by Crippen LogP contribution is -2.22. The van der Waals surface area contributed by atoms with Gasteiger partial charge < -0.3 is 14.8 Å². The van der Waals surface area contributed by atoms with Gasteiger partial charge in [-0.1, -0.05) is 30.3 Å². The molecule has 0 fully saturated rings. The second-order valence-corrected chi connectivity index (χ2v) is 4.20. The molecule has 0 aliphatic heterocycles. The van der Waals surface area contributed by atoms with Crippen molar-refractivity contribution in [3.63, 3.8) is 0 Å². The molecule has 104 valence electrons. The van der Waals surface area contributed by atoms with Crippen molar-refractivity contribution in [1.29, 1.82) is 0 Å². The monoisotopic (exact) mass is 273 g/mol. The first-order valence-corrected chi connectivity index (χ1v) is 6.12. The van der Waals surface area contributed by atoms with Crippen molar-refractivity contribution in [3.05, 3.63) is 42.5 Å². The standard InChI is InChI=1S/C15H15NO4/c1-19-10-15(18)20-9-14(17)16-13-7-6-11-4-2-3-5-12(11)8-13/h2-8H,9-10H2,1H3,(H,16,17). The van der Waals surface area contributed by atoms with Crippen LogP contribution in [0.3, 0.4) is 0 Å². The van der Waals surface area contributed by atoms with Crippen molar-refractivity contribution in [2.75, 3.05) is 25.6 Å². The van der Waals surface area contributed by atoms with Gasteiger partial charge in [0.05, 0.1) is 0 Å². The summed E-state index contributed by atoms with van der Waals surface area (Å²) >= 11 is 0. The second-order valence-electron chi connectivity index (χ2n) is 4.20. The van der Waals surface area contributed by atoms with Gasteiger partial charge in [-0.25, -0.2) is 4.79 Å². The molecule has 0 aromatic heterocycles. The van der Waals surface area contributed by atoms with Gasteiger partial charge in [0.25, 0.3) is 5.91 Å². The summed E-state index contributed by atoms with van der Waals surface area (Å²) in [6, 6.07) is 13.4. The lowest BCUT2D eigenvalue weighted by atomic mass is 10.1. The molecule has 0 atom stereocenters. The molecule has 0 radical (unpaired) electrons. The third-order valence-corrected chi connectivity index (χ3v) is 2.66. The number of anilines is 1. The van der Waals surface area contributed by atoms with Gasteiger partial charge in [0.1, 0.15) is 6.61 Å². The number of hydrogen-bond donors (Lipinski definition) is 1. The Morgan fingerprint density at radius 1 is 1.05 bits per heavy atom. The Morgan fingerprint density at radius 2 is 1.80 bits per heavy atom. The molecule has 0 saturated carbocycles. The van der Waals surface area contributed by atoms with Gasteiger partial charge in [0.15, 0.2) is 6.61 Å². The smallest absolute Gasteiger partial charge is 0.332 e. The van der Waals surface area contributed by atoms with E-state index in [1.807, 2.05) is 36.4 Å². The molecule has 0 spiro atoms. The number of nitrogens with one attached hydrogen (secondary N) is 1. The number of ether oxygens (including phenoxy) is 2. The summed E-state index contributed by atoms with van der Waals surface area (Å²) in [5.41, 5.74) is 0.663. The fourth-order valence-electron chi connectivity index (χ4n) is 1.77. The van der Waals surface area contributed by atoms with E-state index in [1.54, 1.807) is 6.07 Å². The number of hydrogen-bond acceptors (Lipinski definition) is 4. The van der Waals surface area contributed by atoms with Gasteiger partial charge in [-0.05, 0) is 22.9 Å². The first-order chi connectivity index (χ1) is 9.69. The van der Waals surface area contributed by atoms with Crippen LogP contribution in [0.5, 0.6) is 0 Å². The normalized spacial score (nSPS) is 10.2. The summed E-state index contributed by atoms with van der Waals surface area (Å²) in [5.74, 6) is -0.953. The average Bonchev–Trinajstić information content (AvgIpc) is 2.45. The number of fused-ring (bicyclic) bond motifs is 1. The number of benzene rings is 2. The Labute approximate surface area is 116 Å². The number of methoxy groups -OCH3 is 1. The van der Waals surface area contributed by atoms with Crippen LogP contribution in [0.15, 0.2) is 42.5 Å². The van der Waals surface area contributed by atoms with E-state index < -0.39 is 5.97 Å². The van der Waals surface area contributed by atoms with Crippen LogP contribution in [-0.4, -0.2) is 32.2 Å². The van der Waals surface area contributed by atoms with E-state index in [1.165, 1.54) is 7.11 Å². The van der Waals surface area contributed by atoms with Crippen LogP contribution in [0, 0.1) is 0 Å². The van der Waals surface area contributed by atoms with Gasteiger partial charge in [-0.3, -0.25) is 4.79 Å². The minimum atomic E-state index is -0.568. The molecule has 0 heterocycles. The van der Waals surface area contributed by atoms with Crippen molar-refractivity contribution in [1.82, 2.24) is 0 Å². The van der Waals surface area contributed by atoms with Crippen LogP contribution in [-0.2, 0) is 19.1 Å². The molecule has 0 aliphatic rings. The maximum Gasteiger partial charge on any atom is 0.332 e. The lowest BCUT2D eigenvalue weighted by molar-refractivity contribution is -0.150. The molecular formula is C15H15NO4. The van der Waals surface area contributed by atoms with Gasteiger partial charge in [0, 0.05) is 12.8 Å². The van der Waals surface area contributed by atoms with Crippen molar-refractivity contribution in [2.24, 2.45) is 0 Å². The molecule has 2 rings (SSSR count). The topological polar surface area (TPSA) is 64.6 Å². The molecule has 0 bridgehead atoms. The quantitative estimate of drug-likeness (QED) is 0.846. The van der Waals surface area contributed by atoms with Crippen molar-refractivity contribution in [3.8, 4) is 0 Å². The summed E-state index contributed by atoms with van der Waals surface area (Å²) < 4.78 is 9.32. The fourth-order valence-corrected chi connectivity index (χ4v) is 1.77. The number of amides is 1. The Kier molecular flexibility index (Phi) is 4.68. The minimum absolute atomic E-state index is 0.163. The molecule has 5 nitrogen and oxygen atoms in total. The van der Waals surface area contributed by atoms with E-state index in [4.69, 9.17) is 4.74 Å². The van der Waals surface area contributed by atoms with E-state index in [2.05, 4.69) is 10.1 Å². The molecule has 1 N–H and O–H groups in total. The number of carbonyl (C=O) groups is 2. The van der Waals surface area contributed by atoms with Crippen molar-refractivity contribution >= 4 is 28.3 Å². The summed E-state index contributed by atoms with van der Waals surface area (Å²) in [6.07, 6.45) is 0. The highest BCUT2D eigenvalue weighted by atomic mass is 16.6. The molecule has 2 aromatic carbocycles. The Bertz CT molecular complexity index is 624. The molecule has 0 aliphatic carbocycles. The first-order valence-electron chi connectivity index (χ1n) is 6.12. The van der Waals surface area contributed by atoms with E-state index in [0.717, 1.165) is 10.8 Å². The Balaban J connectivity index is 1.94. The zero-order valence-electron chi connectivity index (χ0n) is 11.1. The lowest BCUT2D eigenvalue weighted by Gasteiger charge is -2.07. The predicted molar refractivity (Wildman–Crippen MR) is 75.4 cm³/mol. The molecule has 0 saturated heterocycles. The molecule has 20 heavy (non-hydrogen) atoms. The highest BCUT2D eigenvalue weighted by molar-refractivity contribution is 5.95. The van der Waals surface area contributed by atoms with Crippen LogP contribution < -0.4 is 5.32 Å². The van der Waals surface area contributed by atoms with Gasteiger partial charge in [-0.15, -0.1) is 0 Å². The highest BCUT2D eigenvalue weighted by Crippen LogP contribution is 2.18. The molecule has 2 aromatic rings. The van der Waals surface area contributed by atoms with Crippen LogP contribution in [0.25, 0.3) is 10.8 Å². The Morgan fingerprint density at radius 3 is 2.55 bits per heavy atom. The van der Waals surface area contributed by atoms with Gasteiger partial charge in [0.2, 0.25) is 0 Å². The van der Waals surface area contributed by atoms with E-state index in [-0.39, 0.29) is 19.1 Å². The van der Waals surface area contributed by atoms with E-state index in [9.17, 15) is 9.59 Å². The van der Waals surface area contributed by atoms with E-state index in [0.29, 0.717) is 5.69 Å². The summed E-state index contributed by atoms with van der Waals surface area (Å²) in [5, 5.41) is 4.80. The number of rotatable bonds is 5. The number of carbonyl (C=O) groups excluding carboxylic acids is 2. The van der Waals surface area contributed by atoms with E-state index >= 15 is 0 Å². The molecule has 5 heteroatoms. The van der Waals surface area contributed by atoms with Crippen molar-refractivity contribution in [2.45, 2.75) is 0 Å². The zero-order valence-corrected chi connectivity index (χ0v) is 11.1. The first kappa shape index (κ1) is 14.0. The fraction of sp³-hybridized carbons (Fsp3) is 0.200. The predicted octanol–water partition coefficient (Wildman–Crippen LogP) is 1.97. The molecule has 0 unspecified atom stereocenters. The third-order valence-electron chi connectivity index (χ3n) is 2.66. The number of esters is 1. The summed E-state index contributed by atoms with van der Waals surface area (Å²) in [4.78, 5) is 22.7. The van der Waals surface area contributed by atoms with Gasteiger partial charge in [-0.2, -0.15) is 0 Å². The largest absolute Gasteiger partial charge is 0.454 e. The van der Waals surface area contributed by atoms with Crippen LogP contribution >= 0.6 is 0 Å². The molecular weight excluding hydrogens is 258 g/mol. The zero-order chi connectivity index (χ0) is 14.4. The maximum absolute atomic E-state index is 11.6. The van der Waals surface area contributed by atoms with Crippen LogP contribution in [0.1, 0.15) is 0 Å². The SMILES string of the molecule is COCC(=O)OCC(=O)Nc1ccc2ccccc2c1. The maximum atomic E-state index is 11.6. The van der Waals surface area contributed by atoms with Crippen LogP contribution in [0.2, 0.25) is 0 Å². The summed E-state index contributed by atoms with van der Waals surface area (Å²) in [7, 11) is 1.39. The summed E-state index contributed by atoms with van der Waals surface area (Å²) in [6.45, 7) is -0.488. The highest BCUT2D eigenvalue weighted by Gasteiger charge is 2.07. The van der Waals surface area contributed by atoms with Gasteiger partial charge >= 0.3 is 5.97 Å². The van der Waals surface area contributed by atoms with Crippen LogP contribution in [0.4, 0.5) is 5.69 Å². The Hall–Kier alpha value is -2.40. The second kappa shape index (κ2) is 6.68. The average molecular weight is 273 g/mol. The third kappa shape index (κ3) is 3.80. The molecule has 1 amide bonds. The minimum Gasteiger partial charge on any atom is -0.454 e. The van der Waals surface area contributed by atoms with Crippen molar-refractivity contribution < 1.29 is 19.1 Å².